The first-order chi connectivity index (χ1) is 17.3. The number of aromatic nitrogens is 2. The van der Waals surface area contributed by atoms with Crippen LogP contribution in [-0.2, 0) is 12.8 Å². The van der Waals surface area contributed by atoms with E-state index in [1.54, 1.807) is 18.4 Å². The molecule has 0 radical (unpaired) electrons. The van der Waals surface area contributed by atoms with Gasteiger partial charge >= 0.3 is 0 Å². The molecule has 6 nitrogen and oxygen atoms in total. The fraction of sp³-hybridized carbons (Fsp3) is 0.357. The summed E-state index contributed by atoms with van der Waals surface area (Å²) >= 11 is 5.26. The number of nitrogens with one attached hydrogen (secondary N) is 1. The van der Waals surface area contributed by atoms with Gasteiger partial charge in [-0.2, -0.15) is 0 Å². The zero-order chi connectivity index (χ0) is 25.4. The van der Waals surface area contributed by atoms with Crippen molar-refractivity contribution in [2.45, 2.75) is 40.0 Å². The summed E-state index contributed by atoms with van der Waals surface area (Å²) in [5.41, 5.74) is 4.14. The average Bonchev–Trinajstić information content (AvgIpc) is 3.21. The van der Waals surface area contributed by atoms with Crippen LogP contribution in [0.2, 0.25) is 0 Å². The van der Waals surface area contributed by atoms with Crippen LogP contribution in [-0.4, -0.2) is 30.3 Å². The van der Waals surface area contributed by atoms with E-state index in [1.165, 1.54) is 16.0 Å². The molecule has 4 aromatic rings. The summed E-state index contributed by atoms with van der Waals surface area (Å²) in [6.45, 7) is 7.10. The Kier molecular flexibility index (Phi) is 7.08. The molecule has 8 heteroatoms. The van der Waals surface area contributed by atoms with Gasteiger partial charge in [-0.1, -0.05) is 24.6 Å². The quantitative estimate of drug-likeness (QED) is 0.253. The SMILES string of the molecule is COc1cc(-c2nc3sc4c(c3c(=O)[nH]2)CC[C@H](C)C4)cc(Br)c1OCCOc1ccc(C)cc1C. The molecule has 0 saturated heterocycles. The molecule has 2 aromatic carbocycles. The molecule has 36 heavy (non-hydrogen) atoms. The highest BCUT2D eigenvalue weighted by atomic mass is 79.9. The predicted octanol–water partition coefficient (Wildman–Crippen LogP) is 6.62. The van der Waals surface area contributed by atoms with E-state index < -0.39 is 0 Å². The number of hydrogen-bond acceptors (Lipinski definition) is 6. The second kappa shape index (κ2) is 10.3. The van der Waals surface area contributed by atoms with Crippen LogP contribution in [0.3, 0.4) is 0 Å². The van der Waals surface area contributed by atoms with Crippen molar-refractivity contribution in [2.75, 3.05) is 20.3 Å². The van der Waals surface area contributed by atoms with Crippen molar-refractivity contribution in [3.63, 3.8) is 0 Å². The lowest BCUT2D eigenvalue weighted by molar-refractivity contribution is 0.209. The number of hydrogen-bond donors (Lipinski definition) is 1. The Bertz CT molecular complexity index is 1490. The van der Waals surface area contributed by atoms with Crippen LogP contribution in [0.5, 0.6) is 17.2 Å². The smallest absolute Gasteiger partial charge is 0.260 e. The summed E-state index contributed by atoms with van der Waals surface area (Å²) in [6, 6.07) is 9.83. The molecule has 1 atom stereocenters. The van der Waals surface area contributed by atoms with Gasteiger partial charge in [-0.3, -0.25) is 4.79 Å². The number of rotatable bonds is 7. The summed E-state index contributed by atoms with van der Waals surface area (Å²) < 4.78 is 18.2. The molecule has 5 rings (SSSR count). The van der Waals surface area contributed by atoms with Crippen LogP contribution in [0, 0.1) is 19.8 Å². The minimum absolute atomic E-state index is 0.0824. The number of nitrogens with zero attached hydrogens (tertiary/aromatic N) is 1. The van der Waals surface area contributed by atoms with Gasteiger partial charge in [-0.15, -0.1) is 11.3 Å². The summed E-state index contributed by atoms with van der Waals surface area (Å²) in [6.07, 6.45) is 3.07. The molecule has 1 aliphatic carbocycles. The molecule has 0 aliphatic heterocycles. The van der Waals surface area contributed by atoms with Crippen LogP contribution in [0.4, 0.5) is 0 Å². The monoisotopic (exact) mass is 568 g/mol. The van der Waals surface area contributed by atoms with E-state index in [0.29, 0.717) is 40.9 Å². The Balaban J connectivity index is 1.37. The van der Waals surface area contributed by atoms with E-state index in [-0.39, 0.29) is 5.56 Å². The molecular weight excluding hydrogens is 540 g/mol. The third-order valence-electron chi connectivity index (χ3n) is 6.59. The van der Waals surface area contributed by atoms with Crippen LogP contribution < -0.4 is 19.8 Å². The van der Waals surface area contributed by atoms with Gasteiger partial charge in [0.25, 0.3) is 5.56 Å². The highest BCUT2D eigenvalue weighted by molar-refractivity contribution is 9.10. The summed E-state index contributed by atoms with van der Waals surface area (Å²) in [5, 5.41) is 0.750. The van der Waals surface area contributed by atoms with Gasteiger partial charge < -0.3 is 19.2 Å². The van der Waals surface area contributed by atoms with E-state index in [9.17, 15) is 4.79 Å². The Morgan fingerprint density at radius 2 is 1.94 bits per heavy atom. The maximum absolute atomic E-state index is 13.1. The number of aromatic amines is 1. The molecule has 0 unspecified atom stereocenters. The summed E-state index contributed by atoms with van der Waals surface area (Å²) in [7, 11) is 1.60. The lowest BCUT2D eigenvalue weighted by Crippen LogP contribution is -2.13. The Hall–Kier alpha value is -2.84. The van der Waals surface area contributed by atoms with Crippen molar-refractivity contribution >= 4 is 37.5 Å². The van der Waals surface area contributed by atoms with Crippen LogP contribution in [0.1, 0.15) is 34.9 Å². The average molecular weight is 570 g/mol. The lowest BCUT2D eigenvalue weighted by atomic mass is 9.89. The highest BCUT2D eigenvalue weighted by Gasteiger charge is 2.23. The molecule has 0 fully saturated rings. The number of methoxy groups -OCH3 is 1. The Morgan fingerprint density at radius 3 is 2.72 bits per heavy atom. The second-order valence-corrected chi connectivity index (χ2v) is 11.3. The normalized spacial score (nSPS) is 15.1. The van der Waals surface area contributed by atoms with Gasteiger partial charge in [0.05, 0.1) is 17.0 Å². The van der Waals surface area contributed by atoms with Gasteiger partial charge in [0.1, 0.15) is 29.6 Å². The Morgan fingerprint density at radius 1 is 1.14 bits per heavy atom. The van der Waals surface area contributed by atoms with Crippen LogP contribution in [0.15, 0.2) is 39.6 Å². The number of halogens is 1. The van der Waals surface area contributed by atoms with Crippen LogP contribution >= 0.6 is 27.3 Å². The molecule has 1 aliphatic rings. The number of aryl methyl sites for hydroxylation is 3. The molecule has 0 bridgehead atoms. The standard InChI is InChI=1S/C28H29BrN2O4S/c1-15-6-8-21(17(3)11-15)34-9-10-35-25-20(29)13-18(14-22(25)33-4)26-30-27(32)24-19-7-5-16(2)12-23(19)36-28(24)31-26/h6,8,11,13-14,16H,5,7,9-10,12H2,1-4H3,(H,30,31,32)/t16-/m0/s1. The third kappa shape index (κ3) is 4.89. The number of thiophene rings is 1. The number of fused-ring (bicyclic) bond motifs is 3. The molecule has 0 amide bonds. The van der Waals surface area contributed by atoms with Crippen molar-refractivity contribution in [2.24, 2.45) is 5.92 Å². The topological polar surface area (TPSA) is 73.4 Å². The first-order valence-corrected chi connectivity index (χ1v) is 13.7. The maximum atomic E-state index is 13.1. The van der Waals surface area contributed by atoms with Crippen molar-refractivity contribution < 1.29 is 14.2 Å². The molecule has 0 spiro atoms. The fourth-order valence-corrected chi connectivity index (χ4v) is 6.68. The van der Waals surface area contributed by atoms with Gasteiger partial charge in [0.15, 0.2) is 11.5 Å². The first-order valence-electron chi connectivity index (χ1n) is 12.1. The van der Waals surface area contributed by atoms with Crippen molar-refractivity contribution in [1.29, 1.82) is 0 Å². The van der Waals surface area contributed by atoms with Crippen molar-refractivity contribution in [1.82, 2.24) is 9.97 Å². The minimum Gasteiger partial charge on any atom is -0.493 e. The van der Waals surface area contributed by atoms with Gasteiger partial charge in [0, 0.05) is 10.4 Å². The van der Waals surface area contributed by atoms with Crippen LogP contribution in [0.25, 0.3) is 21.6 Å². The molecule has 2 aromatic heterocycles. The molecule has 188 valence electrons. The summed E-state index contributed by atoms with van der Waals surface area (Å²) in [4.78, 5) is 23.0. The number of H-pyrrole nitrogens is 1. The zero-order valence-electron chi connectivity index (χ0n) is 20.9. The zero-order valence-corrected chi connectivity index (χ0v) is 23.3. The van der Waals surface area contributed by atoms with Crippen molar-refractivity contribution in [3.8, 4) is 28.6 Å². The van der Waals surface area contributed by atoms with E-state index in [0.717, 1.165) is 46.4 Å². The fourth-order valence-electron chi connectivity index (χ4n) is 4.74. The predicted molar refractivity (Wildman–Crippen MR) is 148 cm³/mol. The minimum atomic E-state index is -0.0824. The van der Waals surface area contributed by atoms with Gasteiger partial charge in [-0.25, -0.2) is 4.98 Å². The lowest BCUT2D eigenvalue weighted by Gasteiger charge is -2.17. The van der Waals surface area contributed by atoms with E-state index in [1.807, 2.05) is 31.2 Å². The van der Waals surface area contributed by atoms with E-state index in [4.69, 9.17) is 19.2 Å². The maximum Gasteiger partial charge on any atom is 0.260 e. The molecule has 2 heterocycles. The van der Waals surface area contributed by atoms with Gasteiger partial charge in [-0.05, 0) is 84.3 Å². The third-order valence-corrected chi connectivity index (χ3v) is 8.32. The molecular formula is C28H29BrN2O4S. The number of benzene rings is 2. The second-order valence-electron chi connectivity index (χ2n) is 9.40. The van der Waals surface area contributed by atoms with Gasteiger partial charge in [0.2, 0.25) is 0 Å². The largest absolute Gasteiger partial charge is 0.493 e. The van der Waals surface area contributed by atoms with E-state index in [2.05, 4.69) is 40.8 Å². The van der Waals surface area contributed by atoms with Crippen molar-refractivity contribution in [3.05, 3.63) is 66.7 Å². The highest BCUT2D eigenvalue weighted by Crippen LogP contribution is 2.40. The van der Waals surface area contributed by atoms with E-state index >= 15 is 0 Å². The first kappa shape index (κ1) is 24.8. The molecule has 0 saturated carbocycles. The molecule has 1 N–H and O–H groups in total. The Labute approximate surface area is 222 Å². The number of ether oxygens (including phenoxy) is 3. The summed E-state index contributed by atoms with van der Waals surface area (Å²) in [5.74, 6) is 3.13.